The summed E-state index contributed by atoms with van der Waals surface area (Å²) in [6, 6.07) is 3.15. The molecule has 1 fully saturated rings. The molecule has 31 heavy (non-hydrogen) atoms. The minimum atomic E-state index is -5.84. The molecule has 3 rings (SSSR count). The normalized spacial score (nSPS) is 18.6. The Morgan fingerprint density at radius 3 is 2.26 bits per heavy atom. The maximum absolute atomic E-state index is 12.9. The van der Waals surface area contributed by atoms with E-state index in [-0.39, 0.29) is 23.7 Å². The summed E-state index contributed by atoms with van der Waals surface area (Å²) in [5.74, 6) is -0.403. The number of aryl methyl sites for hydroxylation is 1. The van der Waals surface area contributed by atoms with Gasteiger partial charge in [-0.1, -0.05) is 17.7 Å². The fourth-order valence-corrected chi connectivity index (χ4v) is 4.40. The quantitative estimate of drug-likeness (QED) is 0.432. The lowest BCUT2D eigenvalue weighted by molar-refractivity contribution is -0.0509. The van der Waals surface area contributed by atoms with E-state index >= 15 is 0 Å². The number of likely N-dealkylation sites (tertiary alicyclic amines) is 1. The number of benzene rings is 1. The Balaban J connectivity index is 1.94. The average molecular weight is 482 g/mol. The van der Waals surface area contributed by atoms with Crippen molar-refractivity contribution in [2.24, 2.45) is 0 Å². The van der Waals surface area contributed by atoms with Crippen LogP contribution in [0.5, 0.6) is 0 Å². The number of piperidine rings is 1. The Morgan fingerprint density at radius 1 is 1.16 bits per heavy atom. The first-order chi connectivity index (χ1) is 14.0. The van der Waals surface area contributed by atoms with E-state index in [1.54, 1.807) is 33.8 Å². The van der Waals surface area contributed by atoms with Crippen LogP contribution >= 0.6 is 11.6 Å². The summed E-state index contributed by atoms with van der Waals surface area (Å²) in [6.07, 6.45) is 1.65. The Bertz CT molecular complexity index is 1040. The van der Waals surface area contributed by atoms with E-state index < -0.39 is 38.5 Å². The van der Waals surface area contributed by atoms with Crippen molar-refractivity contribution in [2.75, 3.05) is 13.1 Å². The summed E-state index contributed by atoms with van der Waals surface area (Å²) >= 11 is 6.15. The molecule has 0 unspecified atom stereocenters. The lowest BCUT2D eigenvalue weighted by atomic mass is 9.74. The van der Waals surface area contributed by atoms with Crippen LogP contribution in [0, 0.1) is 6.92 Å². The average Bonchev–Trinajstić information content (AvgIpc) is 2.86. The third kappa shape index (κ3) is 4.64. The van der Waals surface area contributed by atoms with Crippen molar-refractivity contribution in [3.8, 4) is 0 Å². The Hall–Kier alpha value is -1.94. The van der Waals surface area contributed by atoms with E-state index in [1.807, 2.05) is 0 Å². The van der Waals surface area contributed by atoms with Gasteiger partial charge in [-0.3, -0.25) is 0 Å². The number of ether oxygens (including phenoxy) is 1. The summed E-state index contributed by atoms with van der Waals surface area (Å²) in [4.78, 5) is 13.9. The van der Waals surface area contributed by atoms with E-state index in [9.17, 15) is 26.4 Å². The highest BCUT2D eigenvalue weighted by Gasteiger charge is 2.51. The van der Waals surface area contributed by atoms with Crippen LogP contribution in [0.25, 0.3) is 5.76 Å². The van der Waals surface area contributed by atoms with E-state index in [2.05, 4.69) is 4.18 Å². The maximum atomic E-state index is 12.9. The summed E-state index contributed by atoms with van der Waals surface area (Å²) in [5.41, 5.74) is -5.47. The summed E-state index contributed by atoms with van der Waals surface area (Å²) in [7, 11) is -5.84. The largest absolute Gasteiger partial charge is 0.534 e. The van der Waals surface area contributed by atoms with Gasteiger partial charge in [0.25, 0.3) is 0 Å². The SMILES string of the molecule is Cc1cc2c(cc1Cl)C(OS(=O)(=O)C(F)(F)F)=CC21CCN(C(=O)OC(C)(C)C)CC1. The van der Waals surface area contributed by atoms with E-state index in [0.717, 1.165) is 0 Å². The van der Waals surface area contributed by atoms with Crippen LogP contribution in [-0.4, -0.2) is 43.6 Å². The van der Waals surface area contributed by atoms with Gasteiger partial charge in [0.05, 0.1) is 0 Å². The molecule has 0 bridgehead atoms. The minimum Gasteiger partial charge on any atom is -0.444 e. The molecule has 0 saturated carbocycles. The highest BCUT2D eigenvalue weighted by Crippen LogP contribution is 2.49. The van der Waals surface area contributed by atoms with Gasteiger partial charge in [0.15, 0.2) is 0 Å². The number of carbonyl (C=O) groups excluding carboxylic acids is 1. The predicted molar refractivity (Wildman–Crippen MR) is 109 cm³/mol. The molecule has 1 aromatic carbocycles. The fourth-order valence-electron chi connectivity index (χ4n) is 3.77. The Morgan fingerprint density at radius 2 is 1.74 bits per heavy atom. The lowest BCUT2D eigenvalue weighted by Crippen LogP contribution is -2.45. The molecule has 172 valence electrons. The van der Waals surface area contributed by atoms with E-state index in [4.69, 9.17) is 16.3 Å². The lowest BCUT2D eigenvalue weighted by Gasteiger charge is -2.39. The first-order valence-electron chi connectivity index (χ1n) is 9.57. The third-order valence-corrected chi connectivity index (χ3v) is 6.67. The second-order valence-corrected chi connectivity index (χ2v) is 10.7. The van der Waals surface area contributed by atoms with Gasteiger partial charge in [-0.2, -0.15) is 21.6 Å². The molecule has 0 radical (unpaired) electrons. The summed E-state index contributed by atoms with van der Waals surface area (Å²) in [5, 5.41) is 0.279. The van der Waals surface area contributed by atoms with Gasteiger partial charge < -0.3 is 13.8 Å². The Labute approximate surface area is 184 Å². The molecular weight excluding hydrogens is 459 g/mol. The van der Waals surface area contributed by atoms with Crippen molar-refractivity contribution in [3.05, 3.63) is 39.9 Å². The summed E-state index contributed by atoms with van der Waals surface area (Å²) in [6.45, 7) is 7.58. The molecule has 1 heterocycles. The van der Waals surface area contributed by atoms with Crippen LogP contribution in [0.1, 0.15) is 50.3 Å². The van der Waals surface area contributed by atoms with E-state index in [1.165, 1.54) is 17.0 Å². The molecule has 0 N–H and O–H groups in total. The van der Waals surface area contributed by atoms with Gasteiger partial charge in [0, 0.05) is 29.1 Å². The molecular formula is C20H23ClF3NO5S. The second kappa shape index (κ2) is 7.58. The van der Waals surface area contributed by atoms with Crippen LogP contribution in [0.2, 0.25) is 5.02 Å². The molecule has 1 amide bonds. The molecule has 2 aliphatic rings. The predicted octanol–water partition coefficient (Wildman–Crippen LogP) is 5.14. The third-order valence-electron chi connectivity index (χ3n) is 5.30. The molecule has 1 aliphatic heterocycles. The number of hydrogen-bond donors (Lipinski definition) is 0. The fraction of sp³-hybridized carbons (Fsp3) is 0.550. The molecule has 1 aromatic rings. The van der Waals surface area contributed by atoms with Crippen molar-refractivity contribution >= 4 is 33.6 Å². The molecule has 1 aliphatic carbocycles. The summed E-state index contributed by atoms with van der Waals surface area (Å²) < 4.78 is 71.8. The molecule has 0 aromatic heterocycles. The van der Waals surface area contributed by atoms with Gasteiger partial charge in [0.2, 0.25) is 0 Å². The highest BCUT2D eigenvalue weighted by molar-refractivity contribution is 7.87. The van der Waals surface area contributed by atoms with Crippen molar-refractivity contribution < 1.29 is 35.3 Å². The van der Waals surface area contributed by atoms with Gasteiger partial charge in [-0.15, -0.1) is 0 Å². The zero-order valence-electron chi connectivity index (χ0n) is 17.5. The highest BCUT2D eigenvalue weighted by atomic mass is 35.5. The molecule has 0 atom stereocenters. The minimum absolute atomic E-state index is 0.203. The number of amides is 1. The van der Waals surface area contributed by atoms with Gasteiger partial charge in [-0.25, -0.2) is 4.79 Å². The van der Waals surface area contributed by atoms with Crippen molar-refractivity contribution in [1.82, 2.24) is 4.90 Å². The van der Waals surface area contributed by atoms with Crippen LogP contribution in [-0.2, 0) is 24.5 Å². The number of nitrogens with zero attached hydrogens (tertiary/aromatic N) is 1. The number of alkyl halides is 3. The number of fused-ring (bicyclic) bond motifs is 2. The van der Waals surface area contributed by atoms with Crippen LogP contribution in [0.3, 0.4) is 0 Å². The van der Waals surface area contributed by atoms with Gasteiger partial charge in [0.1, 0.15) is 11.4 Å². The van der Waals surface area contributed by atoms with Crippen LogP contribution in [0.4, 0.5) is 18.0 Å². The van der Waals surface area contributed by atoms with Crippen LogP contribution in [0.15, 0.2) is 18.2 Å². The molecule has 1 saturated heterocycles. The number of carbonyl (C=O) groups is 1. The maximum Gasteiger partial charge on any atom is 0.534 e. The molecule has 1 spiro atoms. The van der Waals surface area contributed by atoms with Crippen molar-refractivity contribution in [2.45, 2.75) is 57.1 Å². The monoisotopic (exact) mass is 481 g/mol. The number of hydrogen-bond acceptors (Lipinski definition) is 5. The van der Waals surface area contributed by atoms with Crippen molar-refractivity contribution in [3.63, 3.8) is 0 Å². The second-order valence-electron chi connectivity index (χ2n) is 8.76. The first kappa shape index (κ1) is 23.7. The number of rotatable bonds is 2. The smallest absolute Gasteiger partial charge is 0.444 e. The topological polar surface area (TPSA) is 72.9 Å². The molecule has 11 heteroatoms. The van der Waals surface area contributed by atoms with E-state index in [0.29, 0.717) is 24.0 Å². The standard InChI is InChI=1S/C20H23ClF3NO5S/c1-12-9-14-13(10-15(12)21)16(30-31(27,28)20(22,23)24)11-19(14)5-7-25(8-6-19)17(26)29-18(2,3)4/h9-11H,5-8H2,1-4H3. The zero-order valence-corrected chi connectivity index (χ0v) is 19.0. The number of allylic oxidation sites excluding steroid dienone is 1. The molecule has 6 nitrogen and oxygen atoms in total. The first-order valence-corrected chi connectivity index (χ1v) is 11.4. The van der Waals surface area contributed by atoms with Crippen LogP contribution < -0.4 is 0 Å². The zero-order chi connectivity index (χ0) is 23.4. The van der Waals surface area contributed by atoms with Crippen molar-refractivity contribution in [1.29, 1.82) is 0 Å². The van der Waals surface area contributed by atoms with Gasteiger partial charge >= 0.3 is 21.7 Å². The Kier molecular flexibility index (Phi) is 5.80. The number of halogens is 4. The van der Waals surface area contributed by atoms with Gasteiger partial charge in [-0.05, 0) is 63.8 Å².